The number of alkyl halides is 1. The van der Waals surface area contributed by atoms with Crippen LogP contribution in [0.25, 0.3) is 0 Å². The summed E-state index contributed by atoms with van der Waals surface area (Å²) in [5.74, 6) is 0. The highest BCUT2D eigenvalue weighted by Gasteiger charge is 1.90. The molecule has 2 heteroatoms. The Hall–Kier alpha value is 0.180. The second kappa shape index (κ2) is 17.2. The second-order valence-corrected chi connectivity index (χ2v) is 5.51. The van der Waals surface area contributed by atoms with E-state index >= 15 is 0 Å². The van der Waals surface area contributed by atoms with Crippen molar-refractivity contribution in [3.63, 3.8) is 0 Å². The number of hydrogen-bond donors (Lipinski definition) is 0. The van der Waals surface area contributed by atoms with Gasteiger partial charge >= 0.3 is 0 Å². The van der Waals surface area contributed by atoms with Crippen LogP contribution in [-0.2, 0) is 4.74 Å². The van der Waals surface area contributed by atoms with Gasteiger partial charge in [-0.1, -0.05) is 73.5 Å². The summed E-state index contributed by atoms with van der Waals surface area (Å²) in [5.41, 5.74) is 0. The summed E-state index contributed by atoms with van der Waals surface area (Å²) in [7, 11) is 0. The molecule has 0 spiro atoms. The van der Waals surface area contributed by atoms with Gasteiger partial charge in [-0.3, -0.25) is 0 Å². The first-order valence-corrected chi connectivity index (χ1v) is 8.68. The van der Waals surface area contributed by atoms with Crippen LogP contribution in [-0.4, -0.2) is 11.9 Å². The van der Waals surface area contributed by atoms with Gasteiger partial charge in [-0.05, 0) is 25.7 Å². The van der Waals surface area contributed by atoms with E-state index in [2.05, 4.69) is 35.0 Å². The smallest absolute Gasteiger partial charge is 0.0841 e. The van der Waals surface area contributed by atoms with Crippen LogP contribution in [0.1, 0.15) is 71.1 Å². The van der Waals surface area contributed by atoms with Crippen molar-refractivity contribution in [3.05, 3.63) is 18.8 Å². The standard InChI is InChI=1S/C16H30BrO/c1-2-3-4-5-6-9-12-15-18-16-13-10-7-8-11-14-17/h9,12,16H,2-8,10-11,13-15H2,1H3/b12-9-. The summed E-state index contributed by atoms with van der Waals surface area (Å²) in [5, 5.41) is 1.14. The van der Waals surface area contributed by atoms with Crippen molar-refractivity contribution < 1.29 is 4.74 Å². The highest BCUT2D eigenvalue weighted by Crippen LogP contribution is 2.06. The first kappa shape index (κ1) is 18.2. The fraction of sp³-hybridized carbons (Fsp3) is 0.812. The maximum atomic E-state index is 5.45. The predicted octanol–water partition coefficient (Wildman–Crippen LogP) is 6.04. The van der Waals surface area contributed by atoms with E-state index < -0.39 is 0 Å². The van der Waals surface area contributed by atoms with Crippen molar-refractivity contribution in [2.45, 2.75) is 71.1 Å². The fourth-order valence-electron chi connectivity index (χ4n) is 1.76. The molecule has 0 aromatic rings. The number of hydrogen-bond acceptors (Lipinski definition) is 1. The minimum Gasteiger partial charge on any atom is -0.371 e. The largest absolute Gasteiger partial charge is 0.371 e. The Morgan fingerprint density at radius 2 is 1.56 bits per heavy atom. The van der Waals surface area contributed by atoms with E-state index in [4.69, 9.17) is 4.74 Å². The minimum absolute atomic E-state index is 0.745. The molecule has 1 nitrogen and oxygen atoms in total. The van der Waals surface area contributed by atoms with Crippen LogP contribution in [0.3, 0.4) is 0 Å². The Labute approximate surface area is 123 Å². The normalized spacial score (nSPS) is 11.4. The molecule has 0 atom stereocenters. The van der Waals surface area contributed by atoms with Crippen LogP contribution in [0.2, 0.25) is 0 Å². The van der Waals surface area contributed by atoms with Gasteiger partial charge in [0.05, 0.1) is 13.2 Å². The number of halogens is 1. The summed E-state index contributed by atoms with van der Waals surface area (Å²) in [4.78, 5) is 0. The zero-order valence-corrected chi connectivity index (χ0v) is 13.6. The first-order chi connectivity index (χ1) is 8.91. The molecule has 0 aliphatic carbocycles. The van der Waals surface area contributed by atoms with Gasteiger partial charge in [-0.15, -0.1) is 0 Å². The molecule has 18 heavy (non-hydrogen) atoms. The first-order valence-electron chi connectivity index (χ1n) is 7.56. The summed E-state index contributed by atoms with van der Waals surface area (Å²) in [6.45, 7) is 4.96. The van der Waals surface area contributed by atoms with Gasteiger partial charge in [0.2, 0.25) is 0 Å². The van der Waals surface area contributed by atoms with E-state index in [1.54, 1.807) is 0 Å². The van der Waals surface area contributed by atoms with Crippen LogP contribution in [0, 0.1) is 6.61 Å². The molecular formula is C16H30BrO. The van der Waals surface area contributed by atoms with Crippen molar-refractivity contribution in [2.24, 2.45) is 0 Å². The molecule has 0 saturated carbocycles. The molecule has 0 heterocycles. The lowest BCUT2D eigenvalue weighted by Crippen LogP contribution is -1.88. The van der Waals surface area contributed by atoms with Crippen molar-refractivity contribution in [2.75, 3.05) is 11.9 Å². The molecule has 0 rings (SSSR count). The van der Waals surface area contributed by atoms with Gasteiger partial charge in [0.1, 0.15) is 0 Å². The van der Waals surface area contributed by atoms with Crippen LogP contribution in [0.5, 0.6) is 0 Å². The highest BCUT2D eigenvalue weighted by atomic mass is 79.9. The molecule has 0 N–H and O–H groups in total. The number of ether oxygens (including phenoxy) is 1. The van der Waals surface area contributed by atoms with E-state index in [1.165, 1.54) is 57.8 Å². The Morgan fingerprint density at radius 3 is 2.33 bits per heavy atom. The predicted molar refractivity (Wildman–Crippen MR) is 85.0 cm³/mol. The molecule has 0 unspecified atom stereocenters. The summed E-state index contributed by atoms with van der Waals surface area (Å²) >= 11 is 3.45. The van der Waals surface area contributed by atoms with Gasteiger partial charge in [0.15, 0.2) is 0 Å². The van der Waals surface area contributed by atoms with Gasteiger partial charge in [0, 0.05) is 5.33 Å². The molecule has 0 aromatic carbocycles. The second-order valence-electron chi connectivity index (χ2n) is 4.71. The topological polar surface area (TPSA) is 9.23 Å². The maximum absolute atomic E-state index is 5.45. The molecule has 0 amide bonds. The summed E-state index contributed by atoms with van der Waals surface area (Å²) in [6.07, 6.45) is 17.3. The summed E-state index contributed by atoms with van der Waals surface area (Å²) < 4.78 is 5.45. The highest BCUT2D eigenvalue weighted by molar-refractivity contribution is 9.09. The van der Waals surface area contributed by atoms with Gasteiger partial charge < -0.3 is 4.74 Å². The van der Waals surface area contributed by atoms with Crippen molar-refractivity contribution in [1.29, 1.82) is 0 Å². The molecule has 0 bridgehead atoms. The van der Waals surface area contributed by atoms with E-state index in [-0.39, 0.29) is 0 Å². The molecule has 0 fully saturated rings. The lowest BCUT2D eigenvalue weighted by atomic mass is 10.1. The van der Waals surface area contributed by atoms with E-state index in [0.29, 0.717) is 0 Å². The zero-order chi connectivity index (χ0) is 13.3. The van der Waals surface area contributed by atoms with Gasteiger partial charge in [-0.25, -0.2) is 0 Å². The van der Waals surface area contributed by atoms with E-state index in [9.17, 15) is 0 Å². The molecule has 107 valence electrons. The molecule has 0 aromatic heterocycles. The van der Waals surface area contributed by atoms with Crippen LogP contribution in [0.4, 0.5) is 0 Å². The third-order valence-corrected chi connectivity index (χ3v) is 3.47. The summed E-state index contributed by atoms with van der Waals surface area (Å²) in [6, 6.07) is 0. The van der Waals surface area contributed by atoms with Crippen LogP contribution < -0.4 is 0 Å². The average Bonchev–Trinajstić information content (AvgIpc) is 2.39. The quantitative estimate of drug-likeness (QED) is 0.216. The van der Waals surface area contributed by atoms with Gasteiger partial charge in [0.25, 0.3) is 0 Å². The average molecular weight is 318 g/mol. The Balaban J connectivity index is 2.99. The van der Waals surface area contributed by atoms with Gasteiger partial charge in [-0.2, -0.15) is 0 Å². The van der Waals surface area contributed by atoms with Crippen molar-refractivity contribution >= 4 is 15.9 Å². The Bertz CT molecular complexity index is 168. The third kappa shape index (κ3) is 16.2. The van der Waals surface area contributed by atoms with Crippen molar-refractivity contribution in [3.8, 4) is 0 Å². The number of allylic oxidation sites excluding steroid dienone is 1. The molecular weight excluding hydrogens is 288 g/mol. The van der Waals surface area contributed by atoms with Crippen LogP contribution >= 0.6 is 15.9 Å². The fourth-order valence-corrected chi connectivity index (χ4v) is 2.15. The SMILES string of the molecule is CCCCCC/C=C\CO[CH]CCCCCCBr. The maximum Gasteiger partial charge on any atom is 0.0841 e. The Kier molecular flexibility index (Phi) is 17.4. The van der Waals surface area contributed by atoms with Crippen molar-refractivity contribution in [1.82, 2.24) is 0 Å². The molecule has 0 aliphatic heterocycles. The Morgan fingerprint density at radius 1 is 0.833 bits per heavy atom. The minimum atomic E-state index is 0.745. The third-order valence-electron chi connectivity index (χ3n) is 2.91. The lowest BCUT2D eigenvalue weighted by Gasteiger charge is -2.00. The lowest BCUT2D eigenvalue weighted by molar-refractivity contribution is 0.222. The van der Waals surface area contributed by atoms with Crippen LogP contribution in [0.15, 0.2) is 12.2 Å². The molecule has 0 saturated heterocycles. The molecule has 1 radical (unpaired) electrons. The monoisotopic (exact) mass is 317 g/mol. The molecule has 0 aliphatic rings. The number of unbranched alkanes of at least 4 members (excludes halogenated alkanes) is 8. The van der Waals surface area contributed by atoms with E-state index in [0.717, 1.165) is 18.4 Å². The zero-order valence-electron chi connectivity index (χ0n) is 12.0. The number of rotatable bonds is 14. The van der Waals surface area contributed by atoms with E-state index in [1.807, 2.05) is 6.61 Å².